The SMILES string of the molecule is CCCNC(C)(COc1cc(C)cc(C)c1C)C(N)=O. The molecule has 1 rings (SSSR count). The van der Waals surface area contributed by atoms with Gasteiger partial charge in [0.1, 0.15) is 17.9 Å². The summed E-state index contributed by atoms with van der Waals surface area (Å²) in [5, 5.41) is 3.16. The van der Waals surface area contributed by atoms with Crippen LogP contribution in [0.25, 0.3) is 0 Å². The smallest absolute Gasteiger partial charge is 0.240 e. The second-order valence-electron chi connectivity index (χ2n) is 5.62. The number of benzene rings is 1. The first-order valence-corrected chi connectivity index (χ1v) is 7.05. The Labute approximate surface area is 121 Å². The molecule has 0 bridgehead atoms. The van der Waals surface area contributed by atoms with E-state index in [0.717, 1.165) is 29.8 Å². The molecule has 0 saturated heterocycles. The second kappa shape index (κ2) is 6.75. The molecule has 0 spiro atoms. The maximum atomic E-state index is 11.6. The van der Waals surface area contributed by atoms with Crippen LogP contribution in [0.15, 0.2) is 12.1 Å². The first-order valence-electron chi connectivity index (χ1n) is 7.05. The van der Waals surface area contributed by atoms with E-state index in [9.17, 15) is 4.79 Å². The van der Waals surface area contributed by atoms with Gasteiger partial charge in [0.25, 0.3) is 0 Å². The number of nitrogens with two attached hydrogens (primary N) is 1. The first kappa shape index (κ1) is 16.5. The lowest BCUT2D eigenvalue weighted by Gasteiger charge is -2.28. The first-order chi connectivity index (χ1) is 9.30. The van der Waals surface area contributed by atoms with Gasteiger partial charge in [0.2, 0.25) is 5.91 Å². The fourth-order valence-electron chi connectivity index (χ4n) is 1.98. The van der Waals surface area contributed by atoms with Crippen LogP contribution in [0, 0.1) is 20.8 Å². The molecule has 0 aromatic heterocycles. The maximum Gasteiger partial charge on any atom is 0.240 e. The number of amides is 1. The van der Waals surface area contributed by atoms with Gasteiger partial charge in [-0.3, -0.25) is 4.79 Å². The Bertz CT molecular complexity index is 486. The summed E-state index contributed by atoms with van der Waals surface area (Å²) in [6.07, 6.45) is 0.936. The van der Waals surface area contributed by atoms with E-state index >= 15 is 0 Å². The van der Waals surface area contributed by atoms with E-state index in [-0.39, 0.29) is 6.61 Å². The summed E-state index contributed by atoms with van der Waals surface area (Å²) in [5.74, 6) is 0.418. The van der Waals surface area contributed by atoms with E-state index in [1.165, 1.54) is 5.56 Å². The Balaban J connectivity index is 2.85. The van der Waals surface area contributed by atoms with E-state index in [4.69, 9.17) is 10.5 Å². The second-order valence-corrected chi connectivity index (χ2v) is 5.62. The average Bonchev–Trinajstić information content (AvgIpc) is 2.38. The highest BCUT2D eigenvalue weighted by Gasteiger charge is 2.31. The van der Waals surface area contributed by atoms with Crippen LogP contribution in [0.1, 0.15) is 37.0 Å². The van der Waals surface area contributed by atoms with Gasteiger partial charge in [-0.15, -0.1) is 0 Å². The molecule has 0 heterocycles. The van der Waals surface area contributed by atoms with E-state index in [2.05, 4.69) is 18.3 Å². The fourth-order valence-corrected chi connectivity index (χ4v) is 1.98. The van der Waals surface area contributed by atoms with E-state index < -0.39 is 11.4 Å². The summed E-state index contributed by atoms with van der Waals surface area (Å²) in [6, 6.07) is 4.11. The molecule has 4 nitrogen and oxygen atoms in total. The van der Waals surface area contributed by atoms with Crippen molar-refractivity contribution in [2.24, 2.45) is 5.73 Å². The summed E-state index contributed by atoms with van der Waals surface area (Å²) < 4.78 is 5.86. The fraction of sp³-hybridized carbons (Fsp3) is 0.562. The molecule has 1 amide bonds. The van der Waals surface area contributed by atoms with Gasteiger partial charge in [-0.25, -0.2) is 0 Å². The topological polar surface area (TPSA) is 64.3 Å². The highest BCUT2D eigenvalue weighted by Crippen LogP contribution is 2.24. The van der Waals surface area contributed by atoms with Crippen LogP contribution in [-0.2, 0) is 4.79 Å². The van der Waals surface area contributed by atoms with Gasteiger partial charge in [0.15, 0.2) is 0 Å². The number of ether oxygens (including phenoxy) is 1. The Morgan fingerprint density at radius 2 is 2.00 bits per heavy atom. The molecule has 4 heteroatoms. The lowest BCUT2D eigenvalue weighted by molar-refractivity contribution is -0.125. The van der Waals surface area contributed by atoms with E-state index in [0.29, 0.717) is 0 Å². The monoisotopic (exact) mass is 278 g/mol. The van der Waals surface area contributed by atoms with Crippen molar-refractivity contribution in [1.29, 1.82) is 0 Å². The number of nitrogens with one attached hydrogen (secondary N) is 1. The van der Waals surface area contributed by atoms with Crippen molar-refractivity contribution in [3.63, 3.8) is 0 Å². The number of hydrogen-bond acceptors (Lipinski definition) is 3. The summed E-state index contributed by atoms with van der Waals surface area (Å²) in [7, 11) is 0. The molecular formula is C16H26N2O2. The van der Waals surface area contributed by atoms with Crippen molar-refractivity contribution in [3.8, 4) is 5.75 Å². The minimum absolute atomic E-state index is 0.228. The van der Waals surface area contributed by atoms with Crippen molar-refractivity contribution < 1.29 is 9.53 Å². The molecule has 3 N–H and O–H groups in total. The number of aryl methyl sites for hydroxylation is 2. The number of rotatable bonds is 7. The lowest BCUT2D eigenvalue weighted by Crippen LogP contribution is -2.57. The summed E-state index contributed by atoms with van der Waals surface area (Å²) in [4.78, 5) is 11.6. The maximum absolute atomic E-state index is 11.6. The van der Waals surface area contributed by atoms with E-state index in [1.807, 2.05) is 26.8 Å². The number of carbonyl (C=O) groups is 1. The molecule has 1 aromatic rings. The molecule has 1 aromatic carbocycles. The number of carbonyl (C=O) groups excluding carboxylic acids is 1. The zero-order chi connectivity index (χ0) is 15.3. The van der Waals surface area contributed by atoms with Gasteiger partial charge in [0.05, 0.1) is 0 Å². The minimum Gasteiger partial charge on any atom is -0.491 e. The van der Waals surface area contributed by atoms with Crippen LogP contribution in [-0.4, -0.2) is 24.6 Å². The molecule has 112 valence electrons. The molecule has 20 heavy (non-hydrogen) atoms. The van der Waals surface area contributed by atoms with Gasteiger partial charge in [0, 0.05) is 0 Å². The molecule has 0 aliphatic carbocycles. The molecule has 1 unspecified atom stereocenters. The van der Waals surface area contributed by atoms with Gasteiger partial charge in [-0.05, 0) is 63.4 Å². The lowest BCUT2D eigenvalue weighted by atomic mass is 10.0. The number of hydrogen-bond donors (Lipinski definition) is 2. The third-order valence-corrected chi connectivity index (χ3v) is 3.59. The van der Waals surface area contributed by atoms with Crippen LogP contribution < -0.4 is 15.8 Å². The van der Waals surface area contributed by atoms with Crippen LogP contribution in [0.2, 0.25) is 0 Å². The van der Waals surface area contributed by atoms with Crippen LogP contribution in [0.4, 0.5) is 0 Å². The standard InChI is InChI=1S/C16H26N2O2/c1-6-7-18-16(5,15(17)19)10-20-14-9-11(2)8-12(3)13(14)4/h8-9,18H,6-7,10H2,1-5H3,(H2,17,19). The van der Waals surface area contributed by atoms with Crippen LogP contribution in [0.5, 0.6) is 5.75 Å². The third-order valence-electron chi connectivity index (χ3n) is 3.59. The van der Waals surface area contributed by atoms with Crippen molar-refractivity contribution in [2.45, 2.75) is 46.6 Å². The number of primary amides is 1. The van der Waals surface area contributed by atoms with Crippen molar-refractivity contribution in [2.75, 3.05) is 13.2 Å². The molecule has 0 aliphatic rings. The predicted molar refractivity (Wildman–Crippen MR) is 82.0 cm³/mol. The van der Waals surface area contributed by atoms with Crippen molar-refractivity contribution in [1.82, 2.24) is 5.32 Å². The molecule has 1 atom stereocenters. The molecule has 0 fully saturated rings. The molecule has 0 aliphatic heterocycles. The Hall–Kier alpha value is -1.55. The Kier molecular flexibility index (Phi) is 5.57. The normalized spacial score (nSPS) is 13.8. The summed E-state index contributed by atoms with van der Waals surface area (Å²) in [5.41, 5.74) is 8.07. The largest absolute Gasteiger partial charge is 0.491 e. The quantitative estimate of drug-likeness (QED) is 0.804. The van der Waals surface area contributed by atoms with E-state index in [1.54, 1.807) is 6.92 Å². The molecule has 0 radical (unpaired) electrons. The average molecular weight is 278 g/mol. The highest BCUT2D eigenvalue weighted by atomic mass is 16.5. The zero-order valence-electron chi connectivity index (χ0n) is 13.2. The molecular weight excluding hydrogens is 252 g/mol. The zero-order valence-corrected chi connectivity index (χ0v) is 13.2. The van der Waals surface area contributed by atoms with Crippen LogP contribution in [0.3, 0.4) is 0 Å². The van der Waals surface area contributed by atoms with Gasteiger partial charge >= 0.3 is 0 Å². The van der Waals surface area contributed by atoms with Gasteiger partial charge < -0.3 is 15.8 Å². The van der Waals surface area contributed by atoms with Crippen molar-refractivity contribution in [3.05, 3.63) is 28.8 Å². The minimum atomic E-state index is -0.847. The van der Waals surface area contributed by atoms with Crippen LogP contribution >= 0.6 is 0 Å². The highest BCUT2D eigenvalue weighted by molar-refractivity contribution is 5.84. The van der Waals surface area contributed by atoms with Crippen molar-refractivity contribution >= 4 is 5.91 Å². The summed E-state index contributed by atoms with van der Waals surface area (Å²) >= 11 is 0. The van der Waals surface area contributed by atoms with Gasteiger partial charge in [-0.1, -0.05) is 13.0 Å². The third kappa shape index (κ3) is 3.97. The summed E-state index contributed by atoms with van der Waals surface area (Å²) in [6.45, 7) is 10.9. The Morgan fingerprint density at radius 1 is 1.35 bits per heavy atom. The Morgan fingerprint density at radius 3 is 2.55 bits per heavy atom. The molecule has 0 saturated carbocycles. The predicted octanol–water partition coefficient (Wildman–Crippen LogP) is 2.23. The van der Waals surface area contributed by atoms with Gasteiger partial charge in [-0.2, -0.15) is 0 Å².